The second-order valence-electron chi connectivity index (χ2n) is 9.17. The normalized spacial score (nSPS) is 26.1. The van der Waals surface area contributed by atoms with Crippen molar-refractivity contribution in [2.75, 3.05) is 32.7 Å². The van der Waals surface area contributed by atoms with E-state index in [-0.39, 0.29) is 24.2 Å². The molecule has 5 nitrogen and oxygen atoms in total. The molecule has 0 spiro atoms. The molecule has 1 aromatic carbocycles. The summed E-state index contributed by atoms with van der Waals surface area (Å²) in [7, 11) is 0. The fourth-order valence-electron chi connectivity index (χ4n) is 4.97. The maximum atomic E-state index is 13.1. The molecule has 31 heavy (non-hydrogen) atoms. The lowest BCUT2D eigenvalue weighted by atomic mass is 10.0. The maximum absolute atomic E-state index is 13.1. The van der Waals surface area contributed by atoms with Gasteiger partial charge in [-0.2, -0.15) is 0 Å². The van der Waals surface area contributed by atoms with Crippen LogP contribution in [-0.4, -0.2) is 66.7 Å². The molecule has 1 amide bonds. The van der Waals surface area contributed by atoms with E-state index in [1.54, 1.807) is 11.3 Å². The highest BCUT2D eigenvalue weighted by atomic mass is 32.1. The van der Waals surface area contributed by atoms with Gasteiger partial charge in [-0.1, -0.05) is 35.9 Å². The van der Waals surface area contributed by atoms with Crippen molar-refractivity contribution in [3.05, 3.63) is 57.8 Å². The van der Waals surface area contributed by atoms with Crippen LogP contribution in [0, 0.1) is 6.92 Å². The molecule has 6 heteroatoms. The van der Waals surface area contributed by atoms with Crippen LogP contribution in [-0.2, 0) is 9.53 Å². The van der Waals surface area contributed by atoms with Crippen molar-refractivity contribution >= 4 is 17.2 Å². The summed E-state index contributed by atoms with van der Waals surface area (Å²) in [6, 6.07) is 13.0. The highest BCUT2D eigenvalue weighted by Gasteiger charge is 2.31. The zero-order chi connectivity index (χ0) is 21.8. The summed E-state index contributed by atoms with van der Waals surface area (Å²) in [5.74, 6) is 0.106. The van der Waals surface area contributed by atoms with Gasteiger partial charge in [-0.25, -0.2) is 0 Å². The minimum Gasteiger partial charge on any atom is -0.373 e. The van der Waals surface area contributed by atoms with Crippen LogP contribution in [0.3, 0.4) is 0 Å². The molecule has 2 aliphatic rings. The molecule has 0 bridgehead atoms. The Kier molecular flexibility index (Phi) is 7.43. The van der Waals surface area contributed by atoms with Gasteiger partial charge in [0.05, 0.1) is 24.8 Å². The van der Waals surface area contributed by atoms with Crippen molar-refractivity contribution in [1.29, 1.82) is 0 Å². The van der Waals surface area contributed by atoms with Crippen molar-refractivity contribution in [1.82, 2.24) is 15.1 Å². The molecular weight excluding hydrogens is 406 g/mol. The Labute approximate surface area is 190 Å². The molecule has 2 fully saturated rings. The lowest BCUT2D eigenvalue weighted by molar-refractivity contribution is -0.123. The first-order chi connectivity index (χ1) is 15.0. The summed E-state index contributed by atoms with van der Waals surface area (Å²) < 4.78 is 5.88. The molecule has 4 atom stereocenters. The standard InChI is InChI=1S/C25H35N3O2S/c1-18-8-10-21(11-9-18)25(23-7-5-13-31-23)26-24(29)17-28-12-4-6-22(28)16-27-14-19(2)30-20(3)15-27/h5,7-11,13,19-20,22,25H,4,6,12,14-17H2,1-3H3,(H,26,29)/t19-,20+,22-,25-/m0/s1. The number of nitrogens with one attached hydrogen (secondary N) is 1. The van der Waals surface area contributed by atoms with E-state index in [2.05, 4.69) is 71.6 Å². The molecule has 3 heterocycles. The fraction of sp³-hybridized carbons (Fsp3) is 0.560. The minimum atomic E-state index is -0.0879. The number of likely N-dealkylation sites (tertiary alicyclic amines) is 1. The molecule has 168 valence electrons. The van der Waals surface area contributed by atoms with E-state index in [9.17, 15) is 4.79 Å². The minimum absolute atomic E-state index is 0.0879. The Hall–Kier alpha value is -1.73. The van der Waals surface area contributed by atoms with Crippen molar-refractivity contribution in [3.63, 3.8) is 0 Å². The quantitative estimate of drug-likeness (QED) is 0.709. The van der Waals surface area contributed by atoms with Gasteiger partial charge in [-0.05, 0) is 57.2 Å². The molecule has 2 aromatic rings. The number of aryl methyl sites for hydroxylation is 1. The van der Waals surface area contributed by atoms with Crippen molar-refractivity contribution in [3.8, 4) is 0 Å². The number of thiophene rings is 1. The van der Waals surface area contributed by atoms with Crippen molar-refractivity contribution < 1.29 is 9.53 Å². The number of amides is 1. The van der Waals surface area contributed by atoms with Gasteiger partial charge in [0.15, 0.2) is 0 Å². The van der Waals surface area contributed by atoms with E-state index < -0.39 is 0 Å². The number of carbonyl (C=O) groups excluding carboxylic acids is 1. The Bertz CT molecular complexity index is 829. The Morgan fingerprint density at radius 1 is 1.19 bits per heavy atom. The number of benzene rings is 1. The van der Waals surface area contributed by atoms with Gasteiger partial charge in [0.1, 0.15) is 0 Å². The summed E-state index contributed by atoms with van der Waals surface area (Å²) in [6.07, 6.45) is 2.89. The van der Waals surface area contributed by atoms with Gasteiger partial charge in [0.2, 0.25) is 5.91 Å². The number of morpholine rings is 1. The van der Waals surface area contributed by atoms with E-state index in [0.29, 0.717) is 12.6 Å². The summed E-state index contributed by atoms with van der Waals surface area (Å²) in [5.41, 5.74) is 2.36. The zero-order valence-corrected chi connectivity index (χ0v) is 19.7. The van der Waals surface area contributed by atoms with Gasteiger partial charge in [0, 0.05) is 30.6 Å². The molecule has 0 aliphatic carbocycles. The van der Waals surface area contributed by atoms with E-state index in [1.165, 1.54) is 23.3 Å². The third kappa shape index (κ3) is 5.95. The van der Waals surface area contributed by atoms with Gasteiger partial charge >= 0.3 is 0 Å². The molecule has 0 saturated carbocycles. The van der Waals surface area contributed by atoms with E-state index in [0.717, 1.165) is 31.7 Å². The van der Waals surface area contributed by atoms with E-state index >= 15 is 0 Å². The molecule has 0 unspecified atom stereocenters. The predicted octanol–water partition coefficient (Wildman–Crippen LogP) is 3.84. The topological polar surface area (TPSA) is 44.8 Å². The molecule has 1 N–H and O–H groups in total. The number of nitrogens with zero attached hydrogens (tertiary/aromatic N) is 2. The smallest absolute Gasteiger partial charge is 0.234 e. The Morgan fingerprint density at radius 3 is 2.61 bits per heavy atom. The molecule has 2 saturated heterocycles. The number of hydrogen-bond donors (Lipinski definition) is 1. The lowest BCUT2D eigenvalue weighted by Gasteiger charge is -2.38. The zero-order valence-electron chi connectivity index (χ0n) is 18.9. The SMILES string of the molecule is Cc1ccc([C@H](NC(=O)CN2CCC[C@H]2CN2C[C@@H](C)O[C@@H](C)C2)c2cccs2)cc1. The van der Waals surface area contributed by atoms with Crippen LogP contribution >= 0.6 is 11.3 Å². The first kappa shape index (κ1) is 22.5. The van der Waals surface area contributed by atoms with Crippen LogP contribution in [0.2, 0.25) is 0 Å². The summed E-state index contributed by atoms with van der Waals surface area (Å²) >= 11 is 1.69. The molecule has 2 aliphatic heterocycles. The van der Waals surface area contributed by atoms with E-state index in [4.69, 9.17) is 4.74 Å². The first-order valence-electron chi connectivity index (χ1n) is 11.5. The monoisotopic (exact) mass is 441 g/mol. The number of carbonyl (C=O) groups is 1. The Morgan fingerprint density at radius 2 is 1.94 bits per heavy atom. The van der Waals surface area contributed by atoms with Crippen molar-refractivity contribution in [2.45, 2.75) is 57.9 Å². The van der Waals surface area contributed by atoms with Crippen LogP contribution < -0.4 is 5.32 Å². The predicted molar refractivity (Wildman–Crippen MR) is 127 cm³/mol. The van der Waals surface area contributed by atoms with E-state index in [1.807, 2.05) is 6.07 Å². The van der Waals surface area contributed by atoms with Crippen LogP contribution in [0.1, 0.15) is 48.7 Å². The third-order valence-corrected chi connectivity index (χ3v) is 7.29. The molecular formula is C25H35N3O2S. The Balaban J connectivity index is 1.38. The van der Waals surface area contributed by atoms with Gasteiger partial charge in [-0.15, -0.1) is 11.3 Å². The highest BCUT2D eigenvalue weighted by molar-refractivity contribution is 7.10. The number of hydrogen-bond acceptors (Lipinski definition) is 5. The largest absolute Gasteiger partial charge is 0.373 e. The first-order valence-corrected chi connectivity index (χ1v) is 12.4. The van der Waals surface area contributed by atoms with Gasteiger partial charge in [-0.3, -0.25) is 14.6 Å². The third-order valence-electron chi connectivity index (χ3n) is 6.35. The second kappa shape index (κ2) is 10.3. The number of ether oxygens (including phenoxy) is 1. The van der Waals surface area contributed by atoms with Gasteiger partial charge in [0.25, 0.3) is 0 Å². The molecule has 0 radical (unpaired) electrons. The summed E-state index contributed by atoms with van der Waals surface area (Å²) in [5, 5.41) is 5.39. The molecule has 1 aromatic heterocycles. The maximum Gasteiger partial charge on any atom is 0.234 e. The lowest BCUT2D eigenvalue weighted by Crippen LogP contribution is -2.51. The fourth-order valence-corrected chi connectivity index (χ4v) is 5.77. The summed E-state index contributed by atoms with van der Waals surface area (Å²) in [6.45, 7) is 10.8. The van der Waals surface area contributed by atoms with Crippen LogP contribution in [0.15, 0.2) is 41.8 Å². The van der Waals surface area contributed by atoms with Crippen LogP contribution in [0.4, 0.5) is 0 Å². The average molecular weight is 442 g/mol. The highest BCUT2D eigenvalue weighted by Crippen LogP contribution is 2.27. The van der Waals surface area contributed by atoms with Crippen LogP contribution in [0.25, 0.3) is 0 Å². The van der Waals surface area contributed by atoms with Crippen molar-refractivity contribution in [2.24, 2.45) is 0 Å². The number of rotatable bonds is 7. The molecule has 4 rings (SSSR count). The van der Waals surface area contributed by atoms with Crippen LogP contribution in [0.5, 0.6) is 0 Å². The summed E-state index contributed by atoms with van der Waals surface area (Å²) in [4.78, 5) is 19.2. The van der Waals surface area contributed by atoms with Gasteiger partial charge < -0.3 is 10.1 Å². The second-order valence-corrected chi connectivity index (χ2v) is 10.1. The average Bonchev–Trinajstić information content (AvgIpc) is 3.39.